The number of halogens is 1. The molecular formula is C10H12FNO. The Morgan fingerprint density at radius 1 is 1.54 bits per heavy atom. The lowest BCUT2D eigenvalue weighted by molar-refractivity contribution is 0.410. The van der Waals surface area contributed by atoms with Crippen molar-refractivity contribution in [1.82, 2.24) is 0 Å². The molecule has 0 amide bonds. The van der Waals surface area contributed by atoms with Crippen LogP contribution in [0.3, 0.4) is 0 Å². The Morgan fingerprint density at radius 2 is 2.23 bits per heavy atom. The minimum atomic E-state index is -0.357. The molecule has 70 valence electrons. The van der Waals surface area contributed by atoms with E-state index in [2.05, 4.69) is 6.58 Å². The van der Waals surface area contributed by atoms with Crippen LogP contribution in [0.15, 0.2) is 30.9 Å². The molecule has 1 atom stereocenters. The van der Waals surface area contributed by atoms with Crippen LogP contribution in [0.1, 0.15) is 11.6 Å². The van der Waals surface area contributed by atoms with Crippen molar-refractivity contribution < 1.29 is 9.13 Å². The number of hydrogen-bond donors (Lipinski definition) is 1. The van der Waals surface area contributed by atoms with Crippen molar-refractivity contribution in [1.29, 1.82) is 0 Å². The zero-order valence-corrected chi connectivity index (χ0v) is 7.46. The van der Waals surface area contributed by atoms with Crippen molar-refractivity contribution in [3.8, 4) is 5.75 Å². The third-order valence-corrected chi connectivity index (χ3v) is 1.77. The van der Waals surface area contributed by atoms with Gasteiger partial charge in [0.15, 0.2) is 0 Å². The highest BCUT2D eigenvalue weighted by Crippen LogP contribution is 2.20. The smallest absolute Gasteiger partial charge is 0.127 e. The molecule has 0 aliphatic rings. The van der Waals surface area contributed by atoms with E-state index in [4.69, 9.17) is 10.5 Å². The third kappa shape index (κ3) is 2.29. The van der Waals surface area contributed by atoms with Crippen LogP contribution in [-0.2, 0) is 0 Å². The van der Waals surface area contributed by atoms with Crippen LogP contribution in [0.5, 0.6) is 5.75 Å². The Hall–Kier alpha value is -1.35. The molecule has 1 unspecified atom stereocenters. The summed E-state index contributed by atoms with van der Waals surface area (Å²) in [5.74, 6) is 0.110. The molecule has 2 N–H and O–H groups in total. The SMILES string of the molecule is C=CC(N)c1cc(F)cc(OC)c1. The van der Waals surface area contributed by atoms with Gasteiger partial charge in [0.2, 0.25) is 0 Å². The lowest BCUT2D eigenvalue weighted by Gasteiger charge is -2.08. The van der Waals surface area contributed by atoms with E-state index in [1.807, 2.05) is 0 Å². The molecule has 1 aromatic rings. The summed E-state index contributed by atoms with van der Waals surface area (Å²) < 4.78 is 17.8. The minimum Gasteiger partial charge on any atom is -0.497 e. The van der Waals surface area contributed by atoms with Crippen LogP contribution in [0, 0.1) is 5.82 Å². The highest BCUT2D eigenvalue weighted by atomic mass is 19.1. The monoisotopic (exact) mass is 181 g/mol. The average Bonchev–Trinajstić information content (AvgIpc) is 2.15. The molecule has 2 nitrogen and oxygen atoms in total. The van der Waals surface area contributed by atoms with Crippen molar-refractivity contribution >= 4 is 0 Å². The van der Waals surface area contributed by atoms with Gasteiger partial charge in [-0.2, -0.15) is 0 Å². The molecule has 1 aromatic carbocycles. The number of methoxy groups -OCH3 is 1. The number of benzene rings is 1. The first kappa shape index (κ1) is 9.74. The molecule has 0 spiro atoms. The van der Waals surface area contributed by atoms with Gasteiger partial charge in [-0.15, -0.1) is 6.58 Å². The number of hydrogen-bond acceptors (Lipinski definition) is 2. The van der Waals surface area contributed by atoms with Crippen molar-refractivity contribution in [2.24, 2.45) is 5.73 Å². The molecular weight excluding hydrogens is 169 g/mol. The summed E-state index contributed by atoms with van der Waals surface area (Å²) in [6.07, 6.45) is 1.55. The highest BCUT2D eigenvalue weighted by molar-refractivity contribution is 5.32. The van der Waals surface area contributed by atoms with Crippen LogP contribution in [0.2, 0.25) is 0 Å². The van der Waals surface area contributed by atoms with Gasteiger partial charge in [-0.05, 0) is 17.7 Å². The second-order valence-electron chi connectivity index (χ2n) is 2.69. The second-order valence-corrected chi connectivity index (χ2v) is 2.69. The van der Waals surface area contributed by atoms with Crippen LogP contribution < -0.4 is 10.5 Å². The Balaban J connectivity index is 3.07. The summed E-state index contributed by atoms with van der Waals surface area (Å²) in [7, 11) is 1.48. The fourth-order valence-corrected chi connectivity index (χ4v) is 1.03. The Bertz CT molecular complexity index is 312. The van der Waals surface area contributed by atoms with Gasteiger partial charge < -0.3 is 10.5 Å². The summed E-state index contributed by atoms with van der Waals surface area (Å²) in [5, 5.41) is 0. The van der Waals surface area contributed by atoms with E-state index in [0.29, 0.717) is 11.3 Å². The molecule has 3 heteroatoms. The zero-order valence-electron chi connectivity index (χ0n) is 7.46. The number of ether oxygens (including phenoxy) is 1. The van der Waals surface area contributed by atoms with Crippen molar-refractivity contribution in [2.45, 2.75) is 6.04 Å². The van der Waals surface area contributed by atoms with Crippen LogP contribution in [0.4, 0.5) is 4.39 Å². The Labute approximate surface area is 76.8 Å². The third-order valence-electron chi connectivity index (χ3n) is 1.77. The Morgan fingerprint density at radius 3 is 2.77 bits per heavy atom. The van der Waals surface area contributed by atoms with E-state index in [-0.39, 0.29) is 11.9 Å². The summed E-state index contributed by atoms with van der Waals surface area (Å²) >= 11 is 0. The molecule has 0 radical (unpaired) electrons. The van der Waals surface area contributed by atoms with E-state index in [0.717, 1.165) is 0 Å². The topological polar surface area (TPSA) is 35.2 Å². The first-order chi connectivity index (χ1) is 6.17. The summed E-state index contributed by atoms with van der Waals surface area (Å²) in [6, 6.07) is 4.01. The quantitative estimate of drug-likeness (QED) is 0.724. The predicted molar refractivity (Wildman–Crippen MR) is 50.1 cm³/mol. The Kier molecular flexibility index (Phi) is 3.03. The highest BCUT2D eigenvalue weighted by Gasteiger charge is 2.05. The van der Waals surface area contributed by atoms with Gasteiger partial charge in [0.05, 0.1) is 7.11 Å². The van der Waals surface area contributed by atoms with Crippen LogP contribution in [0.25, 0.3) is 0 Å². The molecule has 0 saturated carbocycles. The van der Waals surface area contributed by atoms with E-state index in [1.165, 1.54) is 19.2 Å². The largest absolute Gasteiger partial charge is 0.497 e. The zero-order chi connectivity index (χ0) is 9.84. The molecule has 0 aliphatic carbocycles. The maximum atomic E-state index is 12.9. The molecule has 0 heterocycles. The lowest BCUT2D eigenvalue weighted by Crippen LogP contribution is -2.06. The lowest BCUT2D eigenvalue weighted by atomic mass is 10.1. The molecule has 0 saturated heterocycles. The molecule has 0 aromatic heterocycles. The van der Waals surface area contributed by atoms with E-state index in [1.54, 1.807) is 12.1 Å². The molecule has 0 fully saturated rings. The minimum absolute atomic E-state index is 0.355. The number of rotatable bonds is 3. The fourth-order valence-electron chi connectivity index (χ4n) is 1.03. The van der Waals surface area contributed by atoms with Gasteiger partial charge in [-0.25, -0.2) is 4.39 Å². The van der Waals surface area contributed by atoms with Crippen LogP contribution >= 0.6 is 0 Å². The predicted octanol–water partition coefficient (Wildman–Crippen LogP) is 2.02. The van der Waals surface area contributed by atoms with Gasteiger partial charge in [0.1, 0.15) is 11.6 Å². The van der Waals surface area contributed by atoms with E-state index >= 15 is 0 Å². The van der Waals surface area contributed by atoms with E-state index in [9.17, 15) is 4.39 Å². The van der Waals surface area contributed by atoms with Gasteiger partial charge in [-0.3, -0.25) is 0 Å². The van der Waals surface area contributed by atoms with E-state index < -0.39 is 0 Å². The van der Waals surface area contributed by atoms with Gasteiger partial charge in [0.25, 0.3) is 0 Å². The molecule has 1 rings (SSSR count). The summed E-state index contributed by atoms with van der Waals surface area (Å²) in [4.78, 5) is 0. The van der Waals surface area contributed by atoms with Gasteiger partial charge >= 0.3 is 0 Å². The molecule has 0 bridgehead atoms. The molecule has 0 aliphatic heterocycles. The van der Waals surface area contributed by atoms with Crippen molar-refractivity contribution in [2.75, 3.05) is 7.11 Å². The second kappa shape index (κ2) is 4.05. The maximum absolute atomic E-state index is 12.9. The summed E-state index contributed by atoms with van der Waals surface area (Å²) in [5.41, 5.74) is 6.31. The van der Waals surface area contributed by atoms with Gasteiger partial charge in [-0.1, -0.05) is 6.08 Å². The fraction of sp³-hybridized carbons (Fsp3) is 0.200. The van der Waals surface area contributed by atoms with Crippen LogP contribution in [-0.4, -0.2) is 7.11 Å². The summed E-state index contributed by atoms with van der Waals surface area (Å²) in [6.45, 7) is 3.53. The van der Waals surface area contributed by atoms with Crippen molar-refractivity contribution in [3.63, 3.8) is 0 Å². The van der Waals surface area contributed by atoms with Gasteiger partial charge in [0, 0.05) is 12.1 Å². The first-order valence-electron chi connectivity index (χ1n) is 3.90. The average molecular weight is 181 g/mol. The first-order valence-corrected chi connectivity index (χ1v) is 3.90. The normalized spacial score (nSPS) is 12.2. The standard InChI is InChI=1S/C10H12FNO/c1-3-10(12)7-4-8(11)6-9(5-7)13-2/h3-6,10H,1,12H2,2H3. The van der Waals surface area contributed by atoms with Crippen molar-refractivity contribution in [3.05, 3.63) is 42.2 Å². The number of nitrogens with two attached hydrogens (primary N) is 1. The molecule has 13 heavy (non-hydrogen) atoms. The maximum Gasteiger partial charge on any atom is 0.127 e.